The Morgan fingerprint density at radius 3 is 2.29 bits per heavy atom. The average molecular weight is 332 g/mol. The largest absolute Gasteiger partial charge is 0.478 e. The van der Waals surface area contributed by atoms with E-state index in [1.54, 1.807) is 25.2 Å². The lowest BCUT2D eigenvalue weighted by atomic mass is 9.97. The Balaban J connectivity index is 2.59. The number of rotatable bonds is 8. The summed E-state index contributed by atoms with van der Waals surface area (Å²) in [4.78, 5) is 23.2. The van der Waals surface area contributed by atoms with Crippen LogP contribution in [0.2, 0.25) is 0 Å². The molecule has 132 valence electrons. The van der Waals surface area contributed by atoms with Crippen LogP contribution in [0.25, 0.3) is 0 Å². The minimum Gasteiger partial charge on any atom is -0.478 e. The number of Topliss-reactive ketones (excluding diaryl/α,β-unsaturated/α-hetero) is 1. The maximum absolute atomic E-state index is 11.9. The molecular weight excluding hydrogens is 304 g/mol. The van der Waals surface area contributed by atoms with Gasteiger partial charge in [-0.1, -0.05) is 29.4 Å². The molecule has 0 saturated heterocycles. The van der Waals surface area contributed by atoms with Gasteiger partial charge in [0.25, 0.3) is 0 Å². The molecule has 4 nitrogen and oxygen atoms in total. The first-order valence-corrected chi connectivity index (χ1v) is 8.36. The van der Waals surface area contributed by atoms with Crippen LogP contribution in [0, 0.1) is 5.92 Å². The molecule has 0 radical (unpaired) electrons. The van der Waals surface area contributed by atoms with E-state index < -0.39 is 18.0 Å². The van der Waals surface area contributed by atoms with Crippen LogP contribution in [0.3, 0.4) is 0 Å². The second-order valence-corrected chi connectivity index (χ2v) is 6.64. The monoisotopic (exact) mass is 332 g/mol. The minimum absolute atomic E-state index is 0.0367. The second-order valence-electron chi connectivity index (χ2n) is 6.64. The van der Waals surface area contributed by atoms with Gasteiger partial charge in [-0.05, 0) is 65.0 Å². The molecule has 2 N–H and O–H groups in total. The Hall–Kier alpha value is -1.94. The molecule has 0 aliphatic heterocycles. The lowest BCUT2D eigenvalue weighted by Gasteiger charge is -2.10. The third kappa shape index (κ3) is 6.28. The number of carboxylic acids is 1. The molecule has 1 aliphatic rings. The van der Waals surface area contributed by atoms with Crippen LogP contribution in [0.4, 0.5) is 0 Å². The summed E-state index contributed by atoms with van der Waals surface area (Å²) in [5.74, 6) is -1.41. The first-order chi connectivity index (χ1) is 11.2. The van der Waals surface area contributed by atoms with Gasteiger partial charge in [0.15, 0.2) is 5.78 Å². The summed E-state index contributed by atoms with van der Waals surface area (Å²) in [6.07, 6.45) is 8.97. The van der Waals surface area contributed by atoms with Crippen molar-refractivity contribution >= 4 is 11.8 Å². The number of aliphatic hydroxyl groups excluding tert-OH is 1. The van der Waals surface area contributed by atoms with Crippen LogP contribution in [0.1, 0.15) is 53.4 Å². The predicted molar refractivity (Wildman–Crippen MR) is 95.6 cm³/mol. The zero-order valence-electron chi connectivity index (χ0n) is 15.0. The fourth-order valence-electron chi connectivity index (χ4n) is 2.71. The molecule has 0 saturated carbocycles. The lowest BCUT2D eigenvalue weighted by molar-refractivity contribution is -0.132. The van der Waals surface area contributed by atoms with Crippen molar-refractivity contribution in [2.45, 2.75) is 59.5 Å². The van der Waals surface area contributed by atoms with Crippen molar-refractivity contribution in [3.05, 3.63) is 46.6 Å². The highest BCUT2D eigenvalue weighted by atomic mass is 16.4. The quantitative estimate of drug-likeness (QED) is 0.521. The molecule has 0 aromatic carbocycles. The Morgan fingerprint density at radius 2 is 1.79 bits per heavy atom. The number of carbonyl (C=O) groups excluding carboxylic acids is 1. The number of carboxylic acid groups (broad SMARTS) is 1. The number of hydrogen-bond donors (Lipinski definition) is 2. The van der Waals surface area contributed by atoms with Gasteiger partial charge in [-0.3, -0.25) is 4.79 Å². The summed E-state index contributed by atoms with van der Waals surface area (Å²) in [7, 11) is 0. The van der Waals surface area contributed by atoms with E-state index in [1.807, 2.05) is 26.8 Å². The van der Waals surface area contributed by atoms with Crippen molar-refractivity contribution in [3.63, 3.8) is 0 Å². The molecule has 1 rings (SSSR count). The van der Waals surface area contributed by atoms with Gasteiger partial charge in [0.05, 0.1) is 12.0 Å². The molecule has 2 unspecified atom stereocenters. The molecule has 0 aromatic heterocycles. The van der Waals surface area contributed by atoms with Crippen LogP contribution >= 0.6 is 0 Å². The number of ketones is 1. The van der Waals surface area contributed by atoms with Crippen molar-refractivity contribution in [2.24, 2.45) is 5.92 Å². The number of carbonyl (C=O) groups is 2. The summed E-state index contributed by atoms with van der Waals surface area (Å²) in [6, 6.07) is 0. The van der Waals surface area contributed by atoms with E-state index in [1.165, 1.54) is 5.57 Å². The highest BCUT2D eigenvalue weighted by Gasteiger charge is 2.30. The Kier molecular flexibility index (Phi) is 7.86. The van der Waals surface area contributed by atoms with Crippen molar-refractivity contribution in [1.29, 1.82) is 0 Å². The highest BCUT2D eigenvalue weighted by molar-refractivity contribution is 6.01. The molecular formula is C20H28O4. The summed E-state index contributed by atoms with van der Waals surface area (Å²) in [5.41, 5.74) is 3.20. The molecule has 0 spiro atoms. The fourth-order valence-corrected chi connectivity index (χ4v) is 2.71. The summed E-state index contributed by atoms with van der Waals surface area (Å²) >= 11 is 0. The molecule has 24 heavy (non-hydrogen) atoms. The van der Waals surface area contributed by atoms with Gasteiger partial charge in [0.2, 0.25) is 0 Å². The molecule has 0 heterocycles. The Bertz CT molecular complexity index is 601. The zero-order valence-corrected chi connectivity index (χ0v) is 15.0. The van der Waals surface area contributed by atoms with Crippen LogP contribution in [0.15, 0.2) is 46.6 Å². The maximum atomic E-state index is 11.9. The summed E-state index contributed by atoms with van der Waals surface area (Å²) < 4.78 is 0. The van der Waals surface area contributed by atoms with Gasteiger partial charge < -0.3 is 10.2 Å². The van der Waals surface area contributed by atoms with Gasteiger partial charge in [-0.25, -0.2) is 4.79 Å². The van der Waals surface area contributed by atoms with E-state index in [2.05, 4.69) is 0 Å². The highest BCUT2D eigenvalue weighted by Crippen LogP contribution is 2.24. The molecule has 0 fully saturated rings. The number of allylic oxidation sites excluding steroid dienone is 5. The standard InChI is InChI=1S/C20H28O4/c1-13(2)7-5-9-16(20(23)24)10-6-8-14(3)11-17-18(21)12-15(4)19(17)22/h7,10-12,17-18,21H,5-6,8-9H2,1-4H3,(H,23,24)/b14-11+,16-10-. The van der Waals surface area contributed by atoms with Gasteiger partial charge in [0, 0.05) is 5.57 Å². The molecule has 0 aromatic rings. The first-order valence-electron chi connectivity index (χ1n) is 8.36. The number of hydrogen-bond acceptors (Lipinski definition) is 3. The number of aliphatic hydroxyl groups is 1. The predicted octanol–water partition coefficient (Wildman–Crippen LogP) is 3.98. The van der Waals surface area contributed by atoms with Crippen LogP contribution < -0.4 is 0 Å². The average Bonchev–Trinajstić information content (AvgIpc) is 2.71. The smallest absolute Gasteiger partial charge is 0.331 e. The van der Waals surface area contributed by atoms with Crippen LogP contribution in [-0.2, 0) is 9.59 Å². The van der Waals surface area contributed by atoms with Gasteiger partial charge in [0.1, 0.15) is 0 Å². The molecule has 4 heteroatoms. The Labute approximate surface area is 144 Å². The van der Waals surface area contributed by atoms with E-state index in [-0.39, 0.29) is 5.78 Å². The molecule has 0 amide bonds. The van der Waals surface area contributed by atoms with E-state index >= 15 is 0 Å². The van der Waals surface area contributed by atoms with Crippen LogP contribution in [-0.4, -0.2) is 28.1 Å². The van der Waals surface area contributed by atoms with Gasteiger partial charge in [-0.2, -0.15) is 0 Å². The van der Waals surface area contributed by atoms with Crippen molar-refractivity contribution in [3.8, 4) is 0 Å². The van der Waals surface area contributed by atoms with Crippen molar-refractivity contribution in [1.82, 2.24) is 0 Å². The fraction of sp³-hybridized carbons (Fsp3) is 0.500. The van der Waals surface area contributed by atoms with Gasteiger partial charge in [-0.15, -0.1) is 0 Å². The maximum Gasteiger partial charge on any atom is 0.331 e. The zero-order chi connectivity index (χ0) is 18.3. The number of aliphatic carboxylic acids is 1. The Morgan fingerprint density at radius 1 is 1.17 bits per heavy atom. The van der Waals surface area contributed by atoms with Crippen LogP contribution in [0.5, 0.6) is 0 Å². The molecule has 2 atom stereocenters. The van der Waals surface area contributed by atoms with E-state index in [0.29, 0.717) is 30.4 Å². The van der Waals surface area contributed by atoms with Gasteiger partial charge >= 0.3 is 5.97 Å². The topological polar surface area (TPSA) is 74.6 Å². The third-order valence-electron chi connectivity index (χ3n) is 4.11. The molecule has 1 aliphatic carbocycles. The normalized spacial score (nSPS) is 21.7. The second kappa shape index (κ2) is 9.38. The SMILES string of the molecule is CC(C)=CCC/C(=C/CC/C(C)=C/C1C(=O)C(C)=CC1O)C(=O)O. The van der Waals surface area contributed by atoms with Crippen molar-refractivity contribution < 1.29 is 19.8 Å². The summed E-state index contributed by atoms with van der Waals surface area (Å²) in [5, 5.41) is 19.1. The van der Waals surface area contributed by atoms with E-state index in [0.717, 1.165) is 12.0 Å². The minimum atomic E-state index is -0.875. The first kappa shape index (κ1) is 20.1. The lowest BCUT2D eigenvalue weighted by Crippen LogP contribution is -2.18. The van der Waals surface area contributed by atoms with Crippen molar-refractivity contribution in [2.75, 3.05) is 0 Å². The summed E-state index contributed by atoms with van der Waals surface area (Å²) in [6.45, 7) is 7.61. The third-order valence-corrected chi connectivity index (χ3v) is 4.11. The van der Waals surface area contributed by atoms with E-state index in [4.69, 9.17) is 0 Å². The van der Waals surface area contributed by atoms with E-state index in [9.17, 15) is 19.8 Å². The molecule has 0 bridgehead atoms.